The van der Waals surface area contributed by atoms with E-state index in [9.17, 15) is 4.79 Å². The molecule has 0 aromatic carbocycles. The number of hydrogen-bond donors (Lipinski definition) is 1. The number of nitrogens with one attached hydrogen (secondary N) is 1. The second kappa shape index (κ2) is 5.98. The zero-order valence-corrected chi connectivity index (χ0v) is 17.4. The summed E-state index contributed by atoms with van der Waals surface area (Å²) in [5, 5.41) is 3.73. The molecule has 0 atom stereocenters. The molecule has 0 aromatic rings. The molecule has 4 nitrogen and oxygen atoms in total. The molecule has 2 aliphatic rings. The van der Waals surface area contributed by atoms with Crippen molar-refractivity contribution in [3.8, 4) is 0 Å². The van der Waals surface area contributed by atoms with Gasteiger partial charge in [0.05, 0.1) is 0 Å². The Morgan fingerprint density at radius 2 is 1.21 bits per heavy atom. The smallest absolute Gasteiger partial charge is 0.210 e. The molecule has 2 fully saturated rings. The van der Waals surface area contributed by atoms with Crippen LogP contribution in [0.5, 0.6) is 0 Å². The molecule has 2 saturated heterocycles. The quantitative estimate of drug-likeness (QED) is 0.802. The van der Waals surface area contributed by atoms with Crippen molar-refractivity contribution >= 4 is 6.41 Å². The molecule has 2 rings (SSSR count). The van der Waals surface area contributed by atoms with Crippen LogP contribution in [0.25, 0.3) is 0 Å². The van der Waals surface area contributed by atoms with Crippen LogP contribution in [-0.2, 0) is 4.79 Å². The topological polar surface area (TPSA) is 35.6 Å². The molecule has 0 bridgehead atoms. The highest BCUT2D eigenvalue weighted by Gasteiger charge is 2.47. The molecule has 1 amide bonds. The minimum absolute atomic E-state index is 0.0597. The Balaban J connectivity index is 2.26. The van der Waals surface area contributed by atoms with Gasteiger partial charge in [-0.15, -0.1) is 0 Å². The van der Waals surface area contributed by atoms with Gasteiger partial charge in [0.15, 0.2) is 0 Å². The second-order valence-electron chi connectivity index (χ2n) is 10.8. The van der Waals surface area contributed by atoms with Crippen molar-refractivity contribution < 1.29 is 4.79 Å². The molecule has 1 N–H and O–H groups in total. The van der Waals surface area contributed by atoms with Gasteiger partial charge in [0.2, 0.25) is 6.41 Å². The normalized spacial score (nSPS) is 30.0. The van der Waals surface area contributed by atoms with E-state index in [1.807, 2.05) is 0 Å². The van der Waals surface area contributed by atoms with E-state index in [0.717, 1.165) is 32.1 Å². The van der Waals surface area contributed by atoms with Crippen molar-refractivity contribution in [2.75, 3.05) is 7.05 Å². The Labute approximate surface area is 149 Å². The third-order valence-corrected chi connectivity index (χ3v) is 6.42. The largest absolute Gasteiger partial charge is 0.339 e. The van der Waals surface area contributed by atoms with Crippen molar-refractivity contribution in [2.45, 2.75) is 115 Å². The molecular formula is C20H39N3O. The zero-order chi connectivity index (χ0) is 18.6. The number of hydrogen-bond acceptors (Lipinski definition) is 3. The fourth-order valence-electron chi connectivity index (χ4n) is 5.48. The van der Waals surface area contributed by atoms with Crippen molar-refractivity contribution in [2.24, 2.45) is 0 Å². The summed E-state index contributed by atoms with van der Waals surface area (Å²) < 4.78 is 0. The standard InChI is InChI=1S/C20H39N3O/c1-17(2)10-15(11-18(3,4)21-17)23(14-24)16-12-19(5,6)22(9)20(7,8)13-16/h14-16,21H,10-13H2,1-9H3. The first-order valence-corrected chi connectivity index (χ1v) is 9.45. The molecule has 2 aliphatic heterocycles. The Hall–Kier alpha value is -0.610. The molecule has 0 unspecified atom stereocenters. The van der Waals surface area contributed by atoms with Gasteiger partial charge in [0, 0.05) is 34.2 Å². The number of rotatable bonds is 3. The predicted molar refractivity (Wildman–Crippen MR) is 101 cm³/mol. The van der Waals surface area contributed by atoms with Gasteiger partial charge in [0.1, 0.15) is 0 Å². The van der Waals surface area contributed by atoms with E-state index in [-0.39, 0.29) is 22.2 Å². The van der Waals surface area contributed by atoms with Crippen molar-refractivity contribution in [1.29, 1.82) is 0 Å². The first-order chi connectivity index (χ1) is 10.7. The van der Waals surface area contributed by atoms with Crippen molar-refractivity contribution in [3.63, 3.8) is 0 Å². The lowest BCUT2D eigenvalue weighted by molar-refractivity contribution is -0.131. The van der Waals surface area contributed by atoms with Crippen LogP contribution in [0.3, 0.4) is 0 Å². The van der Waals surface area contributed by atoms with Crippen LogP contribution in [0, 0.1) is 0 Å². The third kappa shape index (κ3) is 3.96. The third-order valence-electron chi connectivity index (χ3n) is 6.42. The average Bonchev–Trinajstić information content (AvgIpc) is 2.32. The van der Waals surface area contributed by atoms with Gasteiger partial charge in [-0.05, 0) is 88.1 Å². The van der Waals surface area contributed by atoms with Gasteiger partial charge in [-0.1, -0.05) is 0 Å². The van der Waals surface area contributed by atoms with Gasteiger partial charge in [0.25, 0.3) is 0 Å². The Morgan fingerprint density at radius 3 is 1.58 bits per heavy atom. The molecule has 2 heterocycles. The van der Waals surface area contributed by atoms with Gasteiger partial charge in [-0.3, -0.25) is 9.69 Å². The summed E-state index contributed by atoms with van der Waals surface area (Å²) in [6, 6.07) is 0.632. The maximum atomic E-state index is 12.1. The average molecular weight is 338 g/mol. The summed E-state index contributed by atoms with van der Waals surface area (Å²) in [5.74, 6) is 0. The number of carbonyl (C=O) groups excluding carboxylic acids is 1. The first kappa shape index (κ1) is 19.7. The minimum atomic E-state index is 0.0597. The summed E-state index contributed by atoms with van der Waals surface area (Å²) >= 11 is 0. The summed E-state index contributed by atoms with van der Waals surface area (Å²) in [7, 11) is 2.22. The molecule has 24 heavy (non-hydrogen) atoms. The number of carbonyl (C=O) groups is 1. The second-order valence-corrected chi connectivity index (χ2v) is 10.8. The number of piperidine rings is 2. The van der Waals surface area contributed by atoms with Crippen molar-refractivity contribution in [3.05, 3.63) is 0 Å². The van der Waals surface area contributed by atoms with Crippen LogP contribution in [0.2, 0.25) is 0 Å². The monoisotopic (exact) mass is 337 g/mol. The van der Waals surface area contributed by atoms with Crippen LogP contribution < -0.4 is 5.32 Å². The van der Waals surface area contributed by atoms with Gasteiger partial charge in [-0.25, -0.2) is 0 Å². The zero-order valence-electron chi connectivity index (χ0n) is 17.4. The van der Waals surface area contributed by atoms with Crippen LogP contribution in [0.1, 0.15) is 81.1 Å². The molecule has 0 aromatic heterocycles. The molecule has 0 aliphatic carbocycles. The molecule has 0 saturated carbocycles. The van der Waals surface area contributed by atoms with Crippen molar-refractivity contribution in [1.82, 2.24) is 15.1 Å². The van der Waals surface area contributed by atoms with E-state index >= 15 is 0 Å². The lowest BCUT2D eigenvalue weighted by atomic mass is 9.74. The Bertz CT molecular complexity index is 447. The van der Waals surface area contributed by atoms with E-state index in [1.165, 1.54) is 0 Å². The maximum absolute atomic E-state index is 12.1. The maximum Gasteiger partial charge on any atom is 0.210 e. The predicted octanol–water partition coefficient (Wildman–Crippen LogP) is 3.41. The summed E-state index contributed by atoms with van der Waals surface area (Å²) in [6.45, 7) is 18.2. The summed E-state index contributed by atoms with van der Waals surface area (Å²) in [4.78, 5) is 16.8. The van der Waals surface area contributed by atoms with Crippen LogP contribution in [0.15, 0.2) is 0 Å². The lowest BCUT2D eigenvalue weighted by Gasteiger charge is -2.57. The van der Waals surface area contributed by atoms with Crippen LogP contribution >= 0.6 is 0 Å². The highest BCUT2D eigenvalue weighted by Crippen LogP contribution is 2.41. The SMILES string of the molecule is CN1C(C)(C)CC(N(C=O)C2CC(C)(C)NC(C)(C)C2)CC1(C)C. The summed E-state index contributed by atoms with van der Waals surface area (Å²) in [5.41, 5.74) is 0.325. The van der Waals surface area contributed by atoms with E-state index in [4.69, 9.17) is 0 Å². The Kier molecular flexibility index (Phi) is 4.91. The highest BCUT2D eigenvalue weighted by molar-refractivity contribution is 5.49. The van der Waals surface area contributed by atoms with E-state index < -0.39 is 0 Å². The lowest BCUT2D eigenvalue weighted by Crippen LogP contribution is -2.66. The van der Waals surface area contributed by atoms with E-state index in [1.54, 1.807) is 0 Å². The van der Waals surface area contributed by atoms with E-state index in [0.29, 0.717) is 12.1 Å². The van der Waals surface area contributed by atoms with Gasteiger partial charge in [-0.2, -0.15) is 0 Å². The van der Waals surface area contributed by atoms with Crippen LogP contribution in [0.4, 0.5) is 0 Å². The minimum Gasteiger partial charge on any atom is -0.339 e. The molecule has 0 spiro atoms. The fourth-order valence-corrected chi connectivity index (χ4v) is 5.48. The number of nitrogens with zero attached hydrogens (tertiary/aromatic N) is 2. The molecule has 0 radical (unpaired) electrons. The number of likely N-dealkylation sites (tertiary alicyclic amines) is 1. The summed E-state index contributed by atoms with van der Waals surface area (Å²) in [6.07, 6.45) is 5.24. The Morgan fingerprint density at radius 1 is 0.833 bits per heavy atom. The van der Waals surface area contributed by atoms with E-state index in [2.05, 4.69) is 77.6 Å². The first-order valence-electron chi connectivity index (χ1n) is 9.45. The van der Waals surface area contributed by atoms with Gasteiger partial charge < -0.3 is 10.2 Å². The molecule has 140 valence electrons. The molecular weight excluding hydrogens is 298 g/mol. The highest BCUT2D eigenvalue weighted by atomic mass is 16.1. The molecule has 4 heteroatoms. The fraction of sp³-hybridized carbons (Fsp3) is 0.950. The number of amides is 1. The van der Waals surface area contributed by atoms with Gasteiger partial charge >= 0.3 is 0 Å². The van der Waals surface area contributed by atoms with Crippen LogP contribution in [-0.4, -0.2) is 57.5 Å².